The summed E-state index contributed by atoms with van der Waals surface area (Å²) in [6, 6.07) is 7.33. The van der Waals surface area contributed by atoms with Crippen molar-refractivity contribution >= 4 is 34.5 Å². The average molecular weight is 451 g/mol. The SMILES string of the molecule is C#CCCCCCCCCC(=O)Nc1ccc2ccc(NC(=O)C(CC)CCCC)nc2n1. The van der Waals surface area contributed by atoms with Crippen molar-refractivity contribution in [1.82, 2.24) is 9.97 Å². The Balaban J connectivity index is 1.86. The summed E-state index contributed by atoms with van der Waals surface area (Å²) in [4.78, 5) is 33.8. The predicted molar refractivity (Wildman–Crippen MR) is 136 cm³/mol. The molecule has 0 bridgehead atoms. The zero-order chi connectivity index (χ0) is 23.9. The van der Waals surface area contributed by atoms with Crippen molar-refractivity contribution in [3.05, 3.63) is 24.3 Å². The van der Waals surface area contributed by atoms with Gasteiger partial charge in [-0.25, -0.2) is 9.97 Å². The number of carbonyl (C=O) groups excluding carboxylic acids is 2. The molecular formula is C27H38N4O2. The summed E-state index contributed by atoms with van der Waals surface area (Å²) in [7, 11) is 0. The summed E-state index contributed by atoms with van der Waals surface area (Å²) in [5.41, 5.74) is 0.499. The molecule has 1 unspecified atom stereocenters. The van der Waals surface area contributed by atoms with Gasteiger partial charge in [0.1, 0.15) is 11.6 Å². The first kappa shape index (κ1) is 26.3. The minimum Gasteiger partial charge on any atom is -0.311 e. The third kappa shape index (κ3) is 9.61. The third-order valence-corrected chi connectivity index (χ3v) is 5.82. The zero-order valence-electron chi connectivity index (χ0n) is 20.2. The standard InChI is InChI=1S/C27H38N4O2/c1-4-7-9-10-11-12-13-14-16-25(32)28-23-19-17-22-18-20-24(30-26(22)29-23)31-27(33)21(6-3)15-8-5-2/h1,17-21H,5-16H2,2-3H3,(H2,28,29,30,31,32,33). The van der Waals surface area contributed by atoms with E-state index in [1.54, 1.807) is 12.1 Å². The molecule has 178 valence electrons. The second-order valence-electron chi connectivity index (χ2n) is 8.55. The Morgan fingerprint density at radius 1 is 0.909 bits per heavy atom. The van der Waals surface area contributed by atoms with Crippen molar-refractivity contribution in [2.24, 2.45) is 5.92 Å². The van der Waals surface area contributed by atoms with Crippen LogP contribution in [0.2, 0.25) is 0 Å². The molecule has 2 N–H and O–H groups in total. The first-order valence-corrected chi connectivity index (χ1v) is 12.4. The van der Waals surface area contributed by atoms with E-state index >= 15 is 0 Å². The number of unbranched alkanes of at least 4 members (excludes halogenated alkanes) is 7. The van der Waals surface area contributed by atoms with Crippen molar-refractivity contribution in [3.8, 4) is 12.3 Å². The quantitative estimate of drug-likeness (QED) is 0.240. The highest BCUT2D eigenvalue weighted by molar-refractivity contribution is 5.93. The number of nitrogens with zero attached hydrogens (tertiary/aromatic N) is 2. The number of fused-ring (bicyclic) bond motifs is 1. The van der Waals surface area contributed by atoms with Crippen LogP contribution >= 0.6 is 0 Å². The van der Waals surface area contributed by atoms with E-state index in [0.29, 0.717) is 23.7 Å². The van der Waals surface area contributed by atoms with Crippen LogP contribution in [0.25, 0.3) is 11.0 Å². The molecule has 0 spiro atoms. The maximum absolute atomic E-state index is 12.6. The van der Waals surface area contributed by atoms with E-state index in [1.165, 1.54) is 0 Å². The second-order valence-corrected chi connectivity index (χ2v) is 8.55. The Kier molecular flexibility index (Phi) is 12.0. The van der Waals surface area contributed by atoms with Crippen LogP contribution in [0.3, 0.4) is 0 Å². The van der Waals surface area contributed by atoms with Crippen molar-refractivity contribution in [2.45, 2.75) is 90.9 Å². The Morgan fingerprint density at radius 2 is 1.55 bits per heavy atom. The molecule has 0 aromatic carbocycles. The van der Waals surface area contributed by atoms with Crippen LogP contribution in [0.15, 0.2) is 24.3 Å². The molecule has 2 rings (SSSR count). The molecule has 2 heterocycles. The lowest BCUT2D eigenvalue weighted by Gasteiger charge is -2.14. The Hall–Kier alpha value is -2.94. The lowest BCUT2D eigenvalue weighted by molar-refractivity contribution is -0.120. The molecule has 33 heavy (non-hydrogen) atoms. The molecular weight excluding hydrogens is 412 g/mol. The molecule has 0 aliphatic heterocycles. The number of carbonyl (C=O) groups is 2. The van der Waals surface area contributed by atoms with Crippen LogP contribution in [0.5, 0.6) is 0 Å². The number of aromatic nitrogens is 2. The van der Waals surface area contributed by atoms with Crippen LogP contribution in [0.1, 0.15) is 90.9 Å². The first-order chi connectivity index (χ1) is 16.1. The van der Waals surface area contributed by atoms with Gasteiger partial charge in [-0.15, -0.1) is 12.3 Å². The highest BCUT2D eigenvalue weighted by Gasteiger charge is 2.16. The van der Waals surface area contributed by atoms with Gasteiger partial charge >= 0.3 is 0 Å². The molecule has 6 heteroatoms. The fraction of sp³-hybridized carbons (Fsp3) is 0.556. The van der Waals surface area contributed by atoms with Gasteiger partial charge in [-0.3, -0.25) is 9.59 Å². The third-order valence-electron chi connectivity index (χ3n) is 5.82. The van der Waals surface area contributed by atoms with Crippen molar-refractivity contribution in [3.63, 3.8) is 0 Å². The number of anilines is 2. The molecule has 6 nitrogen and oxygen atoms in total. The molecule has 0 saturated carbocycles. The minimum absolute atomic E-state index is 0.00157. The molecule has 2 aromatic heterocycles. The average Bonchev–Trinajstić information content (AvgIpc) is 2.81. The van der Waals surface area contributed by atoms with E-state index in [4.69, 9.17) is 6.42 Å². The summed E-state index contributed by atoms with van der Waals surface area (Å²) in [5.74, 6) is 3.57. The fourth-order valence-electron chi connectivity index (χ4n) is 3.76. The van der Waals surface area contributed by atoms with E-state index in [2.05, 4.69) is 33.4 Å². The van der Waals surface area contributed by atoms with E-state index in [1.807, 2.05) is 19.1 Å². The second kappa shape index (κ2) is 15.0. The van der Waals surface area contributed by atoms with Gasteiger partial charge in [-0.05, 0) is 49.9 Å². The molecule has 0 radical (unpaired) electrons. The van der Waals surface area contributed by atoms with E-state index in [-0.39, 0.29) is 17.7 Å². The van der Waals surface area contributed by atoms with E-state index < -0.39 is 0 Å². The number of nitrogens with one attached hydrogen (secondary N) is 2. The van der Waals surface area contributed by atoms with E-state index in [9.17, 15) is 9.59 Å². The molecule has 2 amide bonds. The number of amides is 2. The number of hydrogen-bond acceptors (Lipinski definition) is 4. The molecule has 0 fully saturated rings. The van der Waals surface area contributed by atoms with E-state index in [0.717, 1.165) is 76.0 Å². The molecule has 0 saturated heterocycles. The van der Waals surface area contributed by atoms with Gasteiger partial charge in [0.2, 0.25) is 11.8 Å². The van der Waals surface area contributed by atoms with Crippen LogP contribution < -0.4 is 10.6 Å². The number of hydrogen-bond donors (Lipinski definition) is 2. The van der Waals surface area contributed by atoms with Gasteiger partial charge in [0.05, 0.1) is 0 Å². The van der Waals surface area contributed by atoms with Crippen molar-refractivity contribution < 1.29 is 9.59 Å². The Morgan fingerprint density at radius 3 is 2.18 bits per heavy atom. The highest BCUT2D eigenvalue weighted by Crippen LogP contribution is 2.19. The number of rotatable bonds is 15. The summed E-state index contributed by atoms with van der Waals surface area (Å²) >= 11 is 0. The molecule has 0 aliphatic rings. The lowest BCUT2D eigenvalue weighted by atomic mass is 9.98. The predicted octanol–water partition coefficient (Wildman–Crippen LogP) is 6.48. The van der Waals surface area contributed by atoms with Crippen LogP contribution in [0, 0.1) is 18.3 Å². The van der Waals surface area contributed by atoms with Gasteiger partial charge < -0.3 is 10.6 Å². The number of pyridine rings is 2. The summed E-state index contributed by atoms with van der Waals surface area (Å²) in [6.07, 6.45) is 16.8. The summed E-state index contributed by atoms with van der Waals surface area (Å²) < 4.78 is 0. The normalized spacial score (nSPS) is 11.7. The van der Waals surface area contributed by atoms with Gasteiger partial charge in [0, 0.05) is 24.1 Å². The van der Waals surface area contributed by atoms with Crippen molar-refractivity contribution in [2.75, 3.05) is 10.6 Å². The van der Waals surface area contributed by atoms with Gasteiger partial charge in [-0.2, -0.15) is 0 Å². The molecule has 2 aromatic rings. The van der Waals surface area contributed by atoms with Crippen molar-refractivity contribution in [1.29, 1.82) is 0 Å². The van der Waals surface area contributed by atoms with Gasteiger partial charge in [0.25, 0.3) is 0 Å². The highest BCUT2D eigenvalue weighted by atomic mass is 16.2. The fourth-order valence-corrected chi connectivity index (χ4v) is 3.76. The maximum Gasteiger partial charge on any atom is 0.228 e. The van der Waals surface area contributed by atoms with Crippen LogP contribution in [0.4, 0.5) is 11.6 Å². The summed E-state index contributed by atoms with van der Waals surface area (Å²) in [5, 5.41) is 6.64. The largest absolute Gasteiger partial charge is 0.311 e. The topological polar surface area (TPSA) is 84.0 Å². The lowest BCUT2D eigenvalue weighted by Crippen LogP contribution is -2.22. The number of terminal acetylenes is 1. The Labute approximate surface area is 198 Å². The zero-order valence-corrected chi connectivity index (χ0v) is 20.2. The van der Waals surface area contributed by atoms with Gasteiger partial charge in [0.15, 0.2) is 5.65 Å². The van der Waals surface area contributed by atoms with Crippen LogP contribution in [-0.4, -0.2) is 21.8 Å². The minimum atomic E-state index is -0.0413. The monoisotopic (exact) mass is 450 g/mol. The maximum atomic E-state index is 12.6. The summed E-state index contributed by atoms with van der Waals surface area (Å²) in [6.45, 7) is 4.16. The smallest absolute Gasteiger partial charge is 0.228 e. The Bertz CT molecular complexity index is 935. The first-order valence-electron chi connectivity index (χ1n) is 12.4. The molecule has 1 atom stereocenters. The molecule has 0 aliphatic carbocycles. The van der Waals surface area contributed by atoms with Gasteiger partial charge in [-0.1, -0.05) is 52.4 Å². The van der Waals surface area contributed by atoms with Crippen LogP contribution in [-0.2, 0) is 9.59 Å².